The van der Waals surface area contributed by atoms with Gasteiger partial charge < -0.3 is 69.1 Å². The summed E-state index contributed by atoms with van der Waals surface area (Å²) in [6.07, 6.45) is 2.98. The van der Waals surface area contributed by atoms with E-state index < -0.39 is 125 Å². The van der Waals surface area contributed by atoms with Crippen molar-refractivity contribution in [2.24, 2.45) is 28.2 Å². The minimum atomic E-state index is -1.80. The van der Waals surface area contributed by atoms with Crippen molar-refractivity contribution in [2.45, 2.75) is 170 Å². The highest BCUT2D eigenvalue weighted by atomic mass is 127. The number of phenols is 1. The summed E-state index contributed by atoms with van der Waals surface area (Å²) >= 11 is 11.1. The van der Waals surface area contributed by atoms with Crippen LogP contribution in [0, 0.1) is 9.49 Å². The number of nitrogens with zero attached hydrogens (tertiary/aromatic N) is 5. The molecule has 2 aromatic carbocycles. The van der Waals surface area contributed by atoms with Crippen molar-refractivity contribution in [2.75, 3.05) is 25.9 Å². The molecule has 1 saturated carbocycles. The van der Waals surface area contributed by atoms with Gasteiger partial charge in [0.25, 0.3) is 0 Å². The fourth-order valence-electron chi connectivity index (χ4n) is 9.86. The first kappa shape index (κ1) is 69.1. The van der Waals surface area contributed by atoms with Crippen LogP contribution in [0.25, 0.3) is 10.4 Å². The molecule has 83 heavy (non-hydrogen) atoms. The molecule has 10 amide bonds. The maximum Gasteiger partial charge on any atom is 0.246 e. The number of rotatable bonds is 31. The van der Waals surface area contributed by atoms with Gasteiger partial charge in [0.15, 0.2) is 0 Å². The molecule has 0 radical (unpaired) electrons. The predicted octanol–water partition coefficient (Wildman–Crippen LogP) is 0.930. The molecule has 0 aromatic heterocycles. The van der Waals surface area contributed by atoms with Crippen molar-refractivity contribution in [3.63, 3.8) is 0 Å². The number of benzene rings is 2. The van der Waals surface area contributed by atoms with Crippen molar-refractivity contribution < 1.29 is 58.2 Å². The Morgan fingerprint density at radius 2 is 1.42 bits per heavy atom. The van der Waals surface area contributed by atoms with E-state index in [2.05, 4.69) is 54.6 Å². The Hall–Kier alpha value is -6.40. The molecular weight excluding hydrogens is 1230 g/mol. The molecule has 4 rings (SSSR count). The summed E-state index contributed by atoms with van der Waals surface area (Å²) in [5, 5.41) is 39.8. The summed E-state index contributed by atoms with van der Waals surface area (Å²) in [6.45, 7) is 4.79. The van der Waals surface area contributed by atoms with Gasteiger partial charge in [-0.05, 0) is 115 Å². The fourth-order valence-corrected chi connectivity index (χ4v) is 11.2. The van der Waals surface area contributed by atoms with Crippen molar-refractivity contribution in [3.8, 4) is 5.75 Å². The van der Waals surface area contributed by atoms with Crippen LogP contribution in [0.5, 0.6) is 5.75 Å². The van der Waals surface area contributed by atoms with Crippen molar-refractivity contribution in [1.29, 1.82) is 0 Å². The molecule has 0 bridgehead atoms. The number of phenolic OH excluding ortho intramolecular Hbond substituents is 1. The van der Waals surface area contributed by atoms with Gasteiger partial charge >= 0.3 is 0 Å². The molecule has 0 unspecified atom stereocenters. The van der Waals surface area contributed by atoms with Crippen LogP contribution in [0.3, 0.4) is 0 Å². The maximum atomic E-state index is 14.4. The third kappa shape index (κ3) is 20.7. The number of nitrogens with two attached hydrogens (primary N) is 3. The first-order valence-corrected chi connectivity index (χ1v) is 29.7. The summed E-state index contributed by atoms with van der Waals surface area (Å²) in [4.78, 5) is 143. The minimum Gasteiger partial charge on any atom is -0.508 e. The molecule has 1 heterocycles. The summed E-state index contributed by atoms with van der Waals surface area (Å²) in [6, 6.07) is -0.260. The third-order valence-electron chi connectivity index (χ3n) is 14.9. The second-order valence-electron chi connectivity index (χ2n) is 21.3. The van der Waals surface area contributed by atoms with E-state index in [4.69, 9.17) is 35.4 Å². The molecule has 1 aliphatic carbocycles. The number of carbonyl (C=O) groups is 10. The number of halogens is 1. The number of aliphatic hydroxyl groups is 1. The van der Waals surface area contributed by atoms with E-state index in [-0.39, 0.29) is 69.0 Å². The lowest BCUT2D eigenvalue weighted by Crippen LogP contribution is -2.63. The number of hydrogen-bond acceptors (Lipinski definition) is 16. The third-order valence-corrected chi connectivity index (χ3v) is 16.8. The van der Waals surface area contributed by atoms with Crippen molar-refractivity contribution >= 4 is 113 Å². The number of primary amides is 2. The van der Waals surface area contributed by atoms with Crippen LogP contribution in [0.4, 0.5) is 5.69 Å². The number of likely N-dealkylation sites (N-methyl/N-ethyl adjacent to an activating group) is 1. The zero-order chi connectivity index (χ0) is 61.7. The second kappa shape index (κ2) is 33.2. The quantitative estimate of drug-likeness (QED) is 0.0165. The van der Waals surface area contributed by atoms with E-state index in [1.165, 1.54) is 35.9 Å². The van der Waals surface area contributed by atoms with E-state index in [9.17, 15) is 58.2 Å². The number of thiol groups is 2. The smallest absolute Gasteiger partial charge is 0.246 e. The Morgan fingerprint density at radius 1 is 0.819 bits per heavy atom. The summed E-state index contributed by atoms with van der Waals surface area (Å²) < 4.78 is 0.0228. The van der Waals surface area contributed by atoms with Crippen LogP contribution in [0.2, 0.25) is 0 Å². The van der Waals surface area contributed by atoms with E-state index in [1.807, 2.05) is 22.6 Å². The Kier molecular flexibility index (Phi) is 27.6. The second-order valence-corrected chi connectivity index (χ2v) is 23.7. The van der Waals surface area contributed by atoms with Gasteiger partial charge in [-0.2, -0.15) is 25.3 Å². The molecule has 26 nitrogen and oxygen atoms in total. The molecule has 1 aliphatic heterocycles. The Balaban J connectivity index is 1.48. The Labute approximate surface area is 507 Å². The van der Waals surface area contributed by atoms with Crippen LogP contribution < -0.4 is 49.1 Å². The molecule has 14 N–H and O–H groups in total. The van der Waals surface area contributed by atoms with Crippen molar-refractivity contribution in [3.05, 3.63) is 67.6 Å². The van der Waals surface area contributed by atoms with E-state index in [1.54, 1.807) is 44.2 Å². The van der Waals surface area contributed by atoms with Gasteiger partial charge in [-0.3, -0.25) is 47.9 Å². The first-order valence-electron chi connectivity index (χ1n) is 27.6. The van der Waals surface area contributed by atoms with Gasteiger partial charge in [-0.1, -0.05) is 68.9 Å². The van der Waals surface area contributed by atoms with E-state index >= 15 is 0 Å². The molecular formula is C54H79IN14O12S2. The number of aromatic hydroxyl groups is 1. The standard InChI is InChI=1S/C54H79IN14O12S2/c1-5-29(2)44(64-50(78)41(25-31-13-16-33(71)17-14-31)68(4)43(73)27-54(83)19-7-6-8-20-54)51(79)65-45(30(3)70)52(80)62-38(26-42(57)72)48(76)63-39(28-82)53(81)69-22-10-12-40(69)49(77)60-36(11-9-21-56)47(75)61-37(46(58)74)24-32-15-18-35(66-67-59)34(55)23-32/h13-18,23,29-30,36-41,44-45,70-71,82-83H,5-12,19-22,24-28,56H2,1-4H3,(H2,57,72)(H2,58,74)(H,60,77)(H,61,75)(H,62,80)(H,63,76)(H,64,78)(H,65,79)/t29-,30+,36-,37-,38-,39-,40-,41-,44-,45-/m0/s1. The van der Waals surface area contributed by atoms with Crippen LogP contribution in [-0.4, -0.2) is 164 Å². The lowest BCUT2D eigenvalue weighted by Gasteiger charge is -2.36. The molecule has 0 spiro atoms. The Morgan fingerprint density at radius 3 is 2.00 bits per heavy atom. The van der Waals surface area contributed by atoms with Gasteiger partial charge in [0.05, 0.1) is 18.2 Å². The molecule has 2 aliphatic rings. The number of likely N-dealkylation sites (tertiary alicyclic amines) is 1. The summed E-state index contributed by atoms with van der Waals surface area (Å²) in [5.41, 5.74) is 27.3. The molecule has 456 valence electrons. The minimum absolute atomic E-state index is 0.00222. The average molecular weight is 1310 g/mol. The molecule has 29 heteroatoms. The normalized spacial score (nSPS) is 17.9. The maximum absolute atomic E-state index is 14.4. The lowest BCUT2D eigenvalue weighted by atomic mass is 9.85. The van der Waals surface area contributed by atoms with Gasteiger partial charge in [-0.25, -0.2) is 0 Å². The topological polar surface area (TPSA) is 417 Å². The molecule has 1 saturated heterocycles. The summed E-state index contributed by atoms with van der Waals surface area (Å²) in [5.74, 6) is -9.35. The lowest BCUT2D eigenvalue weighted by molar-refractivity contribution is -0.142. The fraction of sp³-hybridized carbons (Fsp3) is 0.593. The SMILES string of the molecule is CC[C@H](C)[C@H](NC(=O)[C@H](Cc1ccc(O)cc1)N(C)C(=O)CC1(S)CCCCC1)C(=O)N[C@H](C(=O)N[C@@H](CC(N)=O)C(=O)N[C@@H](CS)C(=O)N1CCC[C@H]1C(=O)N[C@@H](CCCN)C(=O)N[C@@H](Cc1ccc(N=[N+]=[N-])c(I)c1)C(N)=O)[C@@H](C)O. The zero-order valence-corrected chi connectivity index (χ0v) is 51.0. The molecule has 2 fully saturated rings. The van der Waals surface area contributed by atoms with Gasteiger partial charge in [0.2, 0.25) is 59.1 Å². The number of carbonyl (C=O) groups excluding carboxylic acids is 10. The van der Waals surface area contributed by atoms with Gasteiger partial charge in [0.1, 0.15) is 54.1 Å². The van der Waals surface area contributed by atoms with E-state index in [0.717, 1.165) is 32.1 Å². The average Bonchev–Trinajstić information content (AvgIpc) is 4.15. The first-order chi connectivity index (χ1) is 39.3. The van der Waals surface area contributed by atoms with Crippen LogP contribution in [0.15, 0.2) is 47.6 Å². The van der Waals surface area contributed by atoms with E-state index in [0.29, 0.717) is 33.2 Å². The van der Waals surface area contributed by atoms with Gasteiger partial charge in [-0.15, -0.1) is 0 Å². The largest absolute Gasteiger partial charge is 0.508 e. The highest BCUT2D eigenvalue weighted by Crippen LogP contribution is 2.37. The van der Waals surface area contributed by atoms with Crippen molar-refractivity contribution in [1.82, 2.24) is 41.7 Å². The predicted molar refractivity (Wildman–Crippen MR) is 322 cm³/mol. The highest BCUT2D eigenvalue weighted by molar-refractivity contribution is 14.1. The zero-order valence-electron chi connectivity index (χ0n) is 47.1. The number of hydrogen-bond donors (Lipinski definition) is 13. The van der Waals surface area contributed by atoms with Crippen LogP contribution in [-0.2, 0) is 60.8 Å². The highest BCUT2D eigenvalue weighted by Gasteiger charge is 2.42. The molecule has 2 aromatic rings. The number of nitrogens with one attached hydrogen (secondary N) is 6. The monoisotopic (exact) mass is 1310 g/mol. The van der Waals surface area contributed by atoms with Gasteiger partial charge in [0, 0.05) is 51.8 Å². The number of azide groups is 1. The molecule has 10 atom stereocenters. The summed E-state index contributed by atoms with van der Waals surface area (Å²) in [7, 11) is 1.49. The number of amides is 10. The number of aliphatic hydroxyl groups excluding tert-OH is 1. The Bertz CT molecular complexity index is 2700. The van der Waals surface area contributed by atoms with Crippen LogP contribution in [0.1, 0.15) is 109 Å². The van der Waals surface area contributed by atoms with Crippen LogP contribution >= 0.6 is 47.8 Å².